The van der Waals surface area contributed by atoms with Gasteiger partial charge in [0.25, 0.3) is 0 Å². The summed E-state index contributed by atoms with van der Waals surface area (Å²) in [6, 6.07) is 6.01. The number of Topliss-reactive ketones (excluding diaryl/α,β-unsaturated/α-hetero) is 1. The Morgan fingerprint density at radius 3 is 2.67 bits per heavy atom. The maximum Gasteiger partial charge on any atom is 0.179 e. The molecule has 0 aromatic heterocycles. The monoisotopic (exact) mass is 265 g/mol. The Morgan fingerprint density at radius 2 is 2.06 bits per heavy atom. The molecular weight excluding hydrogens is 242 g/mol. The lowest BCUT2D eigenvalue weighted by Gasteiger charge is -2.23. The van der Waals surface area contributed by atoms with Crippen molar-refractivity contribution in [1.82, 2.24) is 4.90 Å². The standard InChI is InChI=1S/C15H23NOS/c1-11-6-7-12(2)14(10-11)15(17)13(3)16(4)8-9-18-5/h6-7,10,13H,8-9H2,1-5H3. The normalized spacial score (nSPS) is 12.8. The Balaban J connectivity index is 2.82. The molecule has 0 aliphatic carbocycles. The second-order valence-electron chi connectivity index (χ2n) is 4.83. The average molecular weight is 265 g/mol. The van der Waals surface area contributed by atoms with Crippen molar-refractivity contribution in [3.8, 4) is 0 Å². The molecule has 0 bridgehead atoms. The summed E-state index contributed by atoms with van der Waals surface area (Å²) in [4.78, 5) is 14.6. The van der Waals surface area contributed by atoms with E-state index in [0.717, 1.165) is 29.0 Å². The first-order valence-corrected chi connectivity index (χ1v) is 7.67. The molecular formula is C15H23NOS. The summed E-state index contributed by atoms with van der Waals surface area (Å²) < 4.78 is 0. The van der Waals surface area contributed by atoms with Gasteiger partial charge in [0.1, 0.15) is 0 Å². The molecule has 0 saturated carbocycles. The largest absolute Gasteiger partial charge is 0.296 e. The molecule has 0 amide bonds. The van der Waals surface area contributed by atoms with Gasteiger partial charge in [0.15, 0.2) is 5.78 Å². The number of hydrogen-bond acceptors (Lipinski definition) is 3. The lowest BCUT2D eigenvalue weighted by Crippen LogP contribution is -2.37. The van der Waals surface area contributed by atoms with Crippen molar-refractivity contribution < 1.29 is 4.79 Å². The molecule has 0 aliphatic heterocycles. The van der Waals surface area contributed by atoms with Gasteiger partial charge < -0.3 is 0 Å². The van der Waals surface area contributed by atoms with Gasteiger partial charge in [0.05, 0.1) is 6.04 Å². The highest BCUT2D eigenvalue weighted by molar-refractivity contribution is 7.98. The van der Waals surface area contributed by atoms with Crippen molar-refractivity contribution in [1.29, 1.82) is 0 Å². The zero-order chi connectivity index (χ0) is 13.7. The zero-order valence-electron chi connectivity index (χ0n) is 12.0. The van der Waals surface area contributed by atoms with Crippen molar-refractivity contribution in [2.45, 2.75) is 26.8 Å². The summed E-state index contributed by atoms with van der Waals surface area (Å²) in [5.74, 6) is 1.28. The van der Waals surface area contributed by atoms with Crippen LogP contribution in [0.4, 0.5) is 0 Å². The van der Waals surface area contributed by atoms with Gasteiger partial charge in [0, 0.05) is 17.9 Å². The minimum atomic E-state index is -0.0577. The Hall–Kier alpha value is -0.800. The van der Waals surface area contributed by atoms with E-state index in [4.69, 9.17) is 0 Å². The lowest BCUT2D eigenvalue weighted by atomic mass is 9.98. The second kappa shape index (κ2) is 6.95. The topological polar surface area (TPSA) is 20.3 Å². The van der Waals surface area contributed by atoms with E-state index < -0.39 is 0 Å². The maximum absolute atomic E-state index is 12.5. The van der Waals surface area contributed by atoms with Crippen LogP contribution in [0.5, 0.6) is 0 Å². The van der Waals surface area contributed by atoms with E-state index in [1.807, 2.05) is 57.8 Å². The van der Waals surface area contributed by atoms with Crippen LogP contribution in [-0.2, 0) is 0 Å². The molecule has 1 atom stereocenters. The first-order valence-electron chi connectivity index (χ1n) is 6.28. The lowest BCUT2D eigenvalue weighted by molar-refractivity contribution is 0.0874. The summed E-state index contributed by atoms with van der Waals surface area (Å²) in [6.45, 7) is 6.96. The fraction of sp³-hybridized carbons (Fsp3) is 0.533. The van der Waals surface area contributed by atoms with Gasteiger partial charge in [-0.25, -0.2) is 0 Å². The molecule has 0 spiro atoms. The van der Waals surface area contributed by atoms with Crippen molar-refractivity contribution in [2.75, 3.05) is 25.6 Å². The first-order chi connectivity index (χ1) is 8.47. The van der Waals surface area contributed by atoms with Gasteiger partial charge in [-0.15, -0.1) is 0 Å². The summed E-state index contributed by atoms with van der Waals surface area (Å²) in [5, 5.41) is 0. The van der Waals surface area contributed by atoms with Crippen molar-refractivity contribution in [3.63, 3.8) is 0 Å². The highest BCUT2D eigenvalue weighted by Gasteiger charge is 2.20. The molecule has 0 saturated heterocycles. The Labute approximate surface area is 115 Å². The number of nitrogens with zero attached hydrogens (tertiary/aromatic N) is 1. The minimum Gasteiger partial charge on any atom is -0.296 e. The molecule has 1 rings (SSSR count). The van der Waals surface area contributed by atoms with Crippen LogP contribution in [0.1, 0.15) is 28.4 Å². The van der Waals surface area contributed by atoms with Crippen LogP contribution in [0.15, 0.2) is 18.2 Å². The van der Waals surface area contributed by atoms with Gasteiger partial charge in [0.2, 0.25) is 0 Å². The Bertz CT molecular complexity index is 417. The van der Waals surface area contributed by atoms with Gasteiger partial charge in [-0.1, -0.05) is 17.7 Å². The van der Waals surface area contributed by atoms with E-state index in [1.54, 1.807) is 0 Å². The number of carbonyl (C=O) groups excluding carboxylic acids is 1. The molecule has 1 aromatic rings. The van der Waals surface area contributed by atoms with Crippen molar-refractivity contribution >= 4 is 17.5 Å². The summed E-state index contributed by atoms with van der Waals surface area (Å²) >= 11 is 1.81. The van der Waals surface area contributed by atoms with E-state index in [-0.39, 0.29) is 11.8 Å². The quantitative estimate of drug-likeness (QED) is 0.737. The molecule has 100 valence electrons. The number of rotatable bonds is 6. The number of carbonyl (C=O) groups is 1. The van der Waals surface area contributed by atoms with E-state index in [0.29, 0.717) is 0 Å². The predicted octanol–water partition coefficient (Wildman–Crippen LogP) is 3.17. The Kier molecular flexibility index (Phi) is 5.89. The van der Waals surface area contributed by atoms with Crippen LogP contribution < -0.4 is 0 Å². The van der Waals surface area contributed by atoms with Gasteiger partial charge in [-0.3, -0.25) is 9.69 Å². The van der Waals surface area contributed by atoms with Crippen LogP contribution in [0.3, 0.4) is 0 Å². The zero-order valence-corrected chi connectivity index (χ0v) is 12.8. The highest BCUT2D eigenvalue weighted by atomic mass is 32.2. The van der Waals surface area contributed by atoms with Crippen molar-refractivity contribution in [3.05, 3.63) is 34.9 Å². The molecule has 2 nitrogen and oxygen atoms in total. The van der Waals surface area contributed by atoms with Gasteiger partial charge in [-0.05, 0) is 45.7 Å². The number of ketones is 1. The third kappa shape index (κ3) is 3.85. The molecule has 3 heteroatoms. The minimum absolute atomic E-state index is 0.0577. The summed E-state index contributed by atoms with van der Waals surface area (Å²) in [6.07, 6.45) is 2.09. The molecule has 1 unspecified atom stereocenters. The fourth-order valence-corrected chi connectivity index (χ4v) is 2.33. The summed E-state index contributed by atoms with van der Waals surface area (Å²) in [7, 11) is 2.02. The van der Waals surface area contributed by atoms with Crippen LogP contribution in [0.25, 0.3) is 0 Å². The van der Waals surface area contributed by atoms with E-state index in [9.17, 15) is 4.79 Å². The van der Waals surface area contributed by atoms with Crippen LogP contribution in [-0.4, -0.2) is 42.3 Å². The van der Waals surface area contributed by atoms with Gasteiger partial charge in [-0.2, -0.15) is 11.8 Å². The molecule has 18 heavy (non-hydrogen) atoms. The SMILES string of the molecule is CSCCN(C)C(C)C(=O)c1cc(C)ccc1C. The number of benzene rings is 1. The van der Waals surface area contributed by atoms with E-state index in [2.05, 4.69) is 11.2 Å². The third-order valence-electron chi connectivity index (χ3n) is 3.35. The highest BCUT2D eigenvalue weighted by Crippen LogP contribution is 2.15. The van der Waals surface area contributed by atoms with Crippen LogP contribution in [0.2, 0.25) is 0 Å². The fourth-order valence-electron chi connectivity index (χ4n) is 1.86. The van der Waals surface area contributed by atoms with Crippen LogP contribution in [0, 0.1) is 13.8 Å². The van der Waals surface area contributed by atoms with Gasteiger partial charge >= 0.3 is 0 Å². The Morgan fingerprint density at radius 1 is 1.39 bits per heavy atom. The van der Waals surface area contributed by atoms with E-state index in [1.165, 1.54) is 0 Å². The first kappa shape index (κ1) is 15.3. The average Bonchev–Trinajstić information content (AvgIpc) is 2.37. The second-order valence-corrected chi connectivity index (χ2v) is 5.82. The smallest absolute Gasteiger partial charge is 0.179 e. The molecule has 0 heterocycles. The van der Waals surface area contributed by atoms with Crippen LogP contribution >= 0.6 is 11.8 Å². The number of likely N-dealkylation sites (N-methyl/N-ethyl adjacent to an activating group) is 1. The van der Waals surface area contributed by atoms with Crippen molar-refractivity contribution in [2.24, 2.45) is 0 Å². The molecule has 0 radical (unpaired) electrons. The summed E-state index contributed by atoms with van der Waals surface area (Å²) in [5.41, 5.74) is 3.07. The number of aryl methyl sites for hydroxylation is 2. The molecule has 0 aliphatic rings. The van der Waals surface area contributed by atoms with E-state index >= 15 is 0 Å². The molecule has 1 aromatic carbocycles. The molecule has 0 N–H and O–H groups in total. The predicted molar refractivity (Wildman–Crippen MR) is 80.7 cm³/mol. The molecule has 0 fully saturated rings. The maximum atomic E-state index is 12.5. The number of thioether (sulfide) groups is 1. The third-order valence-corrected chi connectivity index (χ3v) is 3.94. The number of hydrogen-bond donors (Lipinski definition) is 0.